The third kappa shape index (κ3) is 4.22. The van der Waals surface area contributed by atoms with E-state index in [0.717, 1.165) is 11.8 Å². The molecule has 0 aliphatic heterocycles. The van der Waals surface area contributed by atoms with E-state index in [2.05, 4.69) is 10.3 Å². The molecule has 1 aromatic carbocycles. The Morgan fingerprint density at radius 3 is 2.64 bits per heavy atom. The lowest BCUT2D eigenvalue weighted by Gasteiger charge is -2.13. The summed E-state index contributed by atoms with van der Waals surface area (Å²) in [5.41, 5.74) is 0.972. The second kappa shape index (κ2) is 7.29. The Morgan fingerprint density at radius 2 is 1.95 bits per heavy atom. The minimum atomic E-state index is -0.311. The van der Waals surface area contributed by atoms with E-state index in [9.17, 15) is 9.59 Å². The molecule has 0 bridgehead atoms. The normalized spacial score (nSPS) is 10.1. The van der Waals surface area contributed by atoms with Crippen LogP contribution in [0.4, 0.5) is 10.5 Å². The van der Waals surface area contributed by atoms with Gasteiger partial charge in [-0.15, -0.1) is 0 Å². The Hall–Kier alpha value is -2.05. The number of rotatable bonds is 3. The van der Waals surface area contributed by atoms with E-state index < -0.39 is 0 Å². The molecule has 22 heavy (non-hydrogen) atoms. The Kier molecular flexibility index (Phi) is 5.41. The molecule has 1 N–H and O–H groups in total. The second-order valence-corrected chi connectivity index (χ2v) is 5.96. The quantitative estimate of drug-likeness (QED) is 0.685. The van der Waals surface area contributed by atoms with Gasteiger partial charge in [0.05, 0.1) is 5.69 Å². The van der Waals surface area contributed by atoms with Crippen LogP contribution in [-0.2, 0) is 0 Å². The minimum Gasteiger partial charge on any atom is -0.339 e. The summed E-state index contributed by atoms with van der Waals surface area (Å²) in [5, 5.41) is 2.91. The topological polar surface area (TPSA) is 62.3 Å². The predicted octanol–water partition coefficient (Wildman–Crippen LogP) is 3.76. The second-order valence-electron chi connectivity index (χ2n) is 4.58. The van der Waals surface area contributed by atoms with Crippen molar-refractivity contribution in [3.8, 4) is 0 Å². The summed E-state index contributed by atoms with van der Waals surface area (Å²) in [5.74, 6) is -0.311. The molecule has 5 nitrogen and oxygen atoms in total. The monoisotopic (exact) mass is 335 g/mol. The molecule has 0 unspecified atom stereocenters. The van der Waals surface area contributed by atoms with Crippen LogP contribution in [0.15, 0.2) is 47.5 Å². The number of nitrogens with zero attached hydrogens (tertiary/aromatic N) is 2. The summed E-state index contributed by atoms with van der Waals surface area (Å²) in [6.45, 7) is 0. The molecule has 7 heteroatoms. The highest BCUT2D eigenvalue weighted by molar-refractivity contribution is 8.13. The number of benzene rings is 1. The van der Waals surface area contributed by atoms with E-state index in [1.165, 1.54) is 17.2 Å². The van der Waals surface area contributed by atoms with E-state index >= 15 is 0 Å². The van der Waals surface area contributed by atoms with Crippen molar-refractivity contribution < 1.29 is 9.59 Å². The van der Waals surface area contributed by atoms with Crippen LogP contribution in [0.25, 0.3) is 0 Å². The molecule has 1 aromatic heterocycles. The van der Waals surface area contributed by atoms with Gasteiger partial charge in [0.2, 0.25) is 0 Å². The van der Waals surface area contributed by atoms with Crippen molar-refractivity contribution in [2.24, 2.45) is 0 Å². The fourth-order valence-electron chi connectivity index (χ4n) is 1.58. The van der Waals surface area contributed by atoms with Crippen LogP contribution in [0, 0.1) is 0 Å². The molecule has 1 heterocycles. The van der Waals surface area contributed by atoms with Crippen molar-refractivity contribution in [2.45, 2.75) is 4.90 Å². The van der Waals surface area contributed by atoms with E-state index in [1.54, 1.807) is 38.4 Å². The molecule has 0 aliphatic carbocycles. The molecular weight excluding hydrogens is 322 g/mol. The van der Waals surface area contributed by atoms with Gasteiger partial charge in [-0.3, -0.25) is 9.59 Å². The van der Waals surface area contributed by atoms with Crippen LogP contribution in [0.3, 0.4) is 0 Å². The van der Waals surface area contributed by atoms with Crippen LogP contribution in [-0.4, -0.2) is 35.1 Å². The molecule has 2 amide bonds. The van der Waals surface area contributed by atoms with Gasteiger partial charge in [-0.2, -0.15) is 0 Å². The molecule has 0 radical (unpaired) electrons. The Labute approximate surface area is 137 Å². The lowest BCUT2D eigenvalue weighted by Crippen LogP contribution is -2.17. The molecule has 0 fully saturated rings. The van der Waals surface area contributed by atoms with Crippen molar-refractivity contribution in [1.29, 1.82) is 0 Å². The zero-order valence-electron chi connectivity index (χ0n) is 12.0. The first-order valence-corrected chi connectivity index (χ1v) is 7.58. The van der Waals surface area contributed by atoms with Crippen molar-refractivity contribution in [2.75, 3.05) is 19.4 Å². The van der Waals surface area contributed by atoms with E-state index in [1.807, 2.05) is 6.07 Å². The number of halogens is 1. The SMILES string of the molecule is CN(C)C(=O)Sc1ccccc1NC(=O)c1ccnc(Cl)c1. The van der Waals surface area contributed by atoms with Gasteiger partial charge in [0, 0.05) is 30.8 Å². The fourth-order valence-corrected chi connectivity index (χ4v) is 2.50. The molecule has 2 aromatic rings. The largest absolute Gasteiger partial charge is 0.339 e. The van der Waals surface area contributed by atoms with Gasteiger partial charge in [0.1, 0.15) is 5.15 Å². The number of para-hydroxylation sites is 1. The van der Waals surface area contributed by atoms with E-state index in [-0.39, 0.29) is 16.3 Å². The number of aromatic nitrogens is 1. The average molecular weight is 336 g/mol. The number of carbonyl (C=O) groups is 2. The van der Waals surface area contributed by atoms with Crippen molar-refractivity contribution in [3.63, 3.8) is 0 Å². The number of hydrogen-bond donors (Lipinski definition) is 1. The molecule has 2 rings (SSSR count). The van der Waals surface area contributed by atoms with Crippen molar-refractivity contribution >= 4 is 40.2 Å². The van der Waals surface area contributed by atoms with Gasteiger partial charge in [0.25, 0.3) is 11.1 Å². The van der Waals surface area contributed by atoms with Gasteiger partial charge in [-0.25, -0.2) is 4.98 Å². The highest BCUT2D eigenvalue weighted by Gasteiger charge is 2.13. The highest BCUT2D eigenvalue weighted by Crippen LogP contribution is 2.29. The molecule has 0 saturated heterocycles. The maximum absolute atomic E-state index is 12.2. The lowest BCUT2D eigenvalue weighted by atomic mass is 10.2. The van der Waals surface area contributed by atoms with Crippen LogP contribution < -0.4 is 5.32 Å². The highest BCUT2D eigenvalue weighted by atomic mass is 35.5. The summed E-state index contributed by atoms with van der Waals surface area (Å²) in [4.78, 5) is 30.0. The fraction of sp³-hybridized carbons (Fsp3) is 0.133. The zero-order valence-corrected chi connectivity index (χ0v) is 13.6. The van der Waals surface area contributed by atoms with Crippen LogP contribution in [0.1, 0.15) is 10.4 Å². The lowest BCUT2D eigenvalue weighted by molar-refractivity contribution is 0.102. The van der Waals surface area contributed by atoms with Gasteiger partial charge in [0.15, 0.2) is 0 Å². The maximum Gasteiger partial charge on any atom is 0.286 e. The summed E-state index contributed by atoms with van der Waals surface area (Å²) >= 11 is 6.83. The number of pyridine rings is 1. The van der Waals surface area contributed by atoms with Gasteiger partial charge >= 0.3 is 0 Å². The maximum atomic E-state index is 12.2. The van der Waals surface area contributed by atoms with Gasteiger partial charge in [-0.05, 0) is 36.0 Å². The summed E-state index contributed by atoms with van der Waals surface area (Å²) in [7, 11) is 3.35. The van der Waals surface area contributed by atoms with Gasteiger partial charge < -0.3 is 10.2 Å². The third-order valence-corrected chi connectivity index (χ3v) is 4.01. The first-order chi connectivity index (χ1) is 10.5. The van der Waals surface area contributed by atoms with Crippen LogP contribution in [0.5, 0.6) is 0 Å². The summed E-state index contributed by atoms with van der Waals surface area (Å²) < 4.78 is 0. The van der Waals surface area contributed by atoms with Crippen LogP contribution >= 0.6 is 23.4 Å². The first-order valence-electron chi connectivity index (χ1n) is 6.38. The molecule has 0 saturated carbocycles. The van der Waals surface area contributed by atoms with Crippen molar-refractivity contribution in [1.82, 2.24) is 9.88 Å². The van der Waals surface area contributed by atoms with Gasteiger partial charge in [-0.1, -0.05) is 23.7 Å². The number of thioether (sulfide) groups is 1. The van der Waals surface area contributed by atoms with Crippen LogP contribution in [0.2, 0.25) is 5.15 Å². The Balaban J connectivity index is 2.19. The first kappa shape index (κ1) is 16.3. The smallest absolute Gasteiger partial charge is 0.286 e. The number of anilines is 1. The molecule has 0 aliphatic rings. The summed E-state index contributed by atoms with van der Waals surface area (Å²) in [6.07, 6.45) is 1.47. The Morgan fingerprint density at radius 1 is 1.23 bits per heavy atom. The Bertz CT molecular complexity index is 707. The molecule has 114 valence electrons. The molecular formula is C15H14ClN3O2S. The van der Waals surface area contributed by atoms with E-state index in [0.29, 0.717) is 16.1 Å². The predicted molar refractivity (Wildman–Crippen MR) is 88.6 cm³/mol. The van der Waals surface area contributed by atoms with Crippen molar-refractivity contribution in [3.05, 3.63) is 53.3 Å². The zero-order chi connectivity index (χ0) is 16.1. The molecule has 0 atom stereocenters. The minimum absolute atomic E-state index is 0.117. The van der Waals surface area contributed by atoms with E-state index in [4.69, 9.17) is 11.6 Å². The number of hydrogen-bond acceptors (Lipinski definition) is 4. The summed E-state index contributed by atoms with van der Waals surface area (Å²) in [6, 6.07) is 10.2. The molecule has 0 spiro atoms. The number of carbonyl (C=O) groups excluding carboxylic acids is 2. The number of nitrogens with one attached hydrogen (secondary N) is 1. The average Bonchev–Trinajstić information content (AvgIpc) is 2.49. The third-order valence-electron chi connectivity index (χ3n) is 2.69. The standard InChI is InChI=1S/C15H14ClN3O2S/c1-19(2)15(21)22-12-6-4-3-5-11(12)18-14(20)10-7-8-17-13(16)9-10/h3-9H,1-2H3,(H,18,20). The number of amides is 2.